The van der Waals surface area contributed by atoms with E-state index in [1.54, 1.807) is 0 Å². The molecule has 0 aliphatic heterocycles. The molecule has 2 rings (SSSR count). The highest BCUT2D eigenvalue weighted by Gasteiger charge is 2.25. The molecule has 3 nitrogen and oxygen atoms in total. The molecule has 0 radical (unpaired) electrons. The van der Waals surface area contributed by atoms with Crippen LogP contribution in [0.25, 0.3) is 10.1 Å². The fourth-order valence-electron chi connectivity index (χ4n) is 1.74. The maximum Gasteiger partial charge on any atom is 0.333 e. The van der Waals surface area contributed by atoms with Gasteiger partial charge in [0.15, 0.2) is 0 Å². The molecule has 0 fully saturated rings. The molecule has 2 aromatic rings. The van der Waals surface area contributed by atoms with Crippen LogP contribution in [0.2, 0.25) is 0 Å². The van der Waals surface area contributed by atoms with Gasteiger partial charge in [-0.1, -0.05) is 25.1 Å². The predicted octanol–water partition coefficient (Wildman–Crippen LogP) is 5.16. The Morgan fingerprint density at radius 1 is 1.47 bits per heavy atom. The summed E-state index contributed by atoms with van der Waals surface area (Å²) in [6.45, 7) is 3.74. The molecule has 2 atom stereocenters. The predicted molar refractivity (Wildman–Crippen MR) is 83.9 cm³/mol. The third kappa shape index (κ3) is 3.67. The molecule has 0 bridgehead atoms. The number of hydrogen-bond acceptors (Lipinski definition) is 3. The molecule has 19 heavy (non-hydrogen) atoms. The quantitative estimate of drug-likeness (QED) is 0.746. The Hall–Kier alpha value is -0.190. The van der Waals surface area contributed by atoms with Crippen LogP contribution < -0.4 is 0 Å². The van der Waals surface area contributed by atoms with Crippen LogP contribution in [0.3, 0.4) is 0 Å². The van der Waals surface area contributed by atoms with Crippen molar-refractivity contribution in [2.45, 2.75) is 32.5 Å². The van der Waals surface area contributed by atoms with E-state index in [0.717, 1.165) is 25.9 Å². The minimum atomic E-state index is -3.59. The lowest BCUT2D eigenvalue weighted by molar-refractivity contribution is 0.185. The minimum Gasteiger partial charge on any atom is -0.324 e. The van der Waals surface area contributed by atoms with Crippen molar-refractivity contribution >= 4 is 44.9 Å². The number of thiophene rings is 1. The van der Waals surface area contributed by atoms with Crippen molar-refractivity contribution in [2.24, 2.45) is 0 Å². The zero-order valence-corrected chi connectivity index (χ0v) is 14.1. The van der Waals surface area contributed by atoms with Crippen molar-refractivity contribution < 1.29 is 14.0 Å². The van der Waals surface area contributed by atoms with Gasteiger partial charge in [0.1, 0.15) is 0 Å². The van der Waals surface area contributed by atoms with Gasteiger partial charge < -0.3 is 9.42 Å². The van der Waals surface area contributed by atoms with Gasteiger partial charge in [0.05, 0.1) is 12.3 Å². The number of rotatable bonds is 5. The first-order chi connectivity index (χ1) is 8.93. The number of hydrogen-bond donors (Lipinski definition) is 1. The van der Waals surface area contributed by atoms with E-state index < -0.39 is 7.60 Å². The monoisotopic (exact) mass is 362 g/mol. The average molecular weight is 363 g/mol. The van der Waals surface area contributed by atoms with Crippen LogP contribution in [0, 0.1) is 0 Å². The van der Waals surface area contributed by atoms with Gasteiger partial charge >= 0.3 is 7.60 Å². The van der Waals surface area contributed by atoms with Crippen LogP contribution in [-0.4, -0.2) is 11.0 Å². The Kier molecular flexibility index (Phi) is 4.85. The zero-order valence-electron chi connectivity index (χ0n) is 10.8. The molecule has 2 unspecified atom stereocenters. The minimum absolute atomic E-state index is 0.0528. The first-order valence-corrected chi connectivity index (χ1v) is 9.46. The van der Waals surface area contributed by atoms with E-state index in [2.05, 4.69) is 15.9 Å². The third-order valence-corrected chi connectivity index (χ3v) is 6.82. The van der Waals surface area contributed by atoms with Crippen LogP contribution in [-0.2, 0) is 15.3 Å². The highest BCUT2D eigenvalue weighted by atomic mass is 79.9. The Morgan fingerprint density at radius 2 is 2.16 bits per heavy atom. The van der Waals surface area contributed by atoms with Crippen LogP contribution in [0.1, 0.15) is 25.1 Å². The van der Waals surface area contributed by atoms with Crippen LogP contribution in [0.4, 0.5) is 0 Å². The normalized spacial score (nSPS) is 16.4. The summed E-state index contributed by atoms with van der Waals surface area (Å²) in [4.78, 5) is 10.8. The van der Waals surface area contributed by atoms with Crippen molar-refractivity contribution in [1.29, 1.82) is 0 Å². The van der Waals surface area contributed by atoms with Crippen LogP contribution in [0.15, 0.2) is 28.7 Å². The van der Waals surface area contributed by atoms with Gasteiger partial charge in [0.2, 0.25) is 0 Å². The number of halogens is 1. The third-order valence-electron chi connectivity index (χ3n) is 2.86. The lowest BCUT2D eigenvalue weighted by atomic mass is 10.2. The molecule has 1 N–H and O–H groups in total. The van der Waals surface area contributed by atoms with E-state index in [9.17, 15) is 9.46 Å². The summed E-state index contributed by atoms with van der Waals surface area (Å²) >= 11 is 5.04. The molecule has 1 aromatic heterocycles. The van der Waals surface area contributed by atoms with Gasteiger partial charge in [-0.05, 0) is 35.3 Å². The first-order valence-electron chi connectivity index (χ1n) is 6.09. The maximum atomic E-state index is 12.1. The SMILES string of the molecule is CCC(C)OP(=O)(O)Cc1sc2ccccc2c1Br. The second-order valence-corrected chi connectivity index (χ2v) is 8.19. The van der Waals surface area contributed by atoms with Crippen molar-refractivity contribution in [3.05, 3.63) is 33.6 Å². The highest BCUT2D eigenvalue weighted by Crippen LogP contribution is 2.51. The molecule has 6 heteroatoms. The van der Waals surface area contributed by atoms with Gasteiger partial charge in [-0.25, -0.2) is 0 Å². The summed E-state index contributed by atoms with van der Waals surface area (Å²) in [5.41, 5.74) is 0. The van der Waals surface area contributed by atoms with Crippen LogP contribution in [0.5, 0.6) is 0 Å². The van der Waals surface area contributed by atoms with E-state index in [1.807, 2.05) is 38.1 Å². The zero-order chi connectivity index (χ0) is 14.0. The number of benzene rings is 1. The van der Waals surface area contributed by atoms with Gasteiger partial charge in [-0.15, -0.1) is 11.3 Å². The smallest absolute Gasteiger partial charge is 0.324 e. The second kappa shape index (κ2) is 6.06. The largest absolute Gasteiger partial charge is 0.333 e. The fourth-order valence-corrected chi connectivity index (χ4v) is 5.76. The van der Waals surface area contributed by atoms with E-state index in [-0.39, 0.29) is 12.3 Å². The van der Waals surface area contributed by atoms with Crippen LogP contribution >= 0.6 is 34.9 Å². The topological polar surface area (TPSA) is 46.5 Å². The summed E-state index contributed by atoms with van der Waals surface area (Å²) in [5.74, 6) is 0. The molecular weight excluding hydrogens is 347 g/mol. The molecule has 0 saturated carbocycles. The summed E-state index contributed by atoms with van der Waals surface area (Å²) in [6.07, 6.45) is 0.569. The van der Waals surface area contributed by atoms with E-state index in [4.69, 9.17) is 4.52 Å². The van der Waals surface area contributed by atoms with Gasteiger partial charge in [-0.2, -0.15) is 0 Å². The van der Waals surface area contributed by atoms with Crippen molar-refractivity contribution in [3.63, 3.8) is 0 Å². The van der Waals surface area contributed by atoms with Gasteiger partial charge in [-0.3, -0.25) is 4.57 Å². The highest BCUT2D eigenvalue weighted by molar-refractivity contribution is 9.10. The fraction of sp³-hybridized carbons (Fsp3) is 0.385. The van der Waals surface area contributed by atoms with Crippen molar-refractivity contribution in [2.75, 3.05) is 0 Å². The average Bonchev–Trinajstić information content (AvgIpc) is 2.65. The Morgan fingerprint density at radius 3 is 2.79 bits per heavy atom. The molecule has 104 valence electrons. The van der Waals surface area contributed by atoms with Gasteiger partial charge in [0, 0.05) is 19.4 Å². The molecule has 0 saturated heterocycles. The Bertz CT molecular complexity index is 625. The lowest BCUT2D eigenvalue weighted by Crippen LogP contribution is -2.05. The van der Waals surface area contributed by atoms with E-state index >= 15 is 0 Å². The van der Waals surface area contributed by atoms with E-state index in [0.29, 0.717) is 0 Å². The molecular formula is C13H16BrO3PS. The molecule has 1 aromatic carbocycles. The Balaban J connectivity index is 2.26. The summed E-state index contributed by atoms with van der Waals surface area (Å²) < 4.78 is 19.3. The summed E-state index contributed by atoms with van der Waals surface area (Å²) in [5, 5.41) is 1.08. The van der Waals surface area contributed by atoms with Crippen molar-refractivity contribution in [1.82, 2.24) is 0 Å². The first kappa shape index (κ1) is 15.2. The van der Waals surface area contributed by atoms with E-state index in [1.165, 1.54) is 11.3 Å². The van der Waals surface area contributed by atoms with Gasteiger partial charge in [0.25, 0.3) is 0 Å². The lowest BCUT2D eigenvalue weighted by Gasteiger charge is -2.16. The standard InChI is InChI=1S/C13H16BrO3PS/c1-3-9(2)17-18(15,16)8-12-13(14)10-6-4-5-7-11(10)19-12/h4-7,9H,3,8H2,1-2H3,(H,15,16). The summed E-state index contributed by atoms with van der Waals surface area (Å²) in [7, 11) is -3.59. The number of fused-ring (bicyclic) bond motifs is 1. The maximum absolute atomic E-state index is 12.1. The molecule has 0 spiro atoms. The second-order valence-electron chi connectivity index (χ2n) is 4.46. The van der Waals surface area contributed by atoms with Crippen molar-refractivity contribution in [3.8, 4) is 0 Å². The summed E-state index contributed by atoms with van der Waals surface area (Å²) in [6, 6.07) is 7.92. The molecule has 0 aliphatic carbocycles. The molecule has 0 amide bonds. The Labute approximate surface area is 125 Å². The molecule has 1 heterocycles. The molecule has 0 aliphatic rings.